The zero-order valence-electron chi connectivity index (χ0n) is 13.2. The summed E-state index contributed by atoms with van der Waals surface area (Å²) in [6.07, 6.45) is 0.136. The van der Waals surface area contributed by atoms with E-state index >= 15 is 0 Å². The van der Waals surface area contributed by atoms with E-state index in [-0.39, 0.29) is 17.9 Å². The lowest BCUT2D eigenvalue weighted by molar-refractivity contribution is -0.753. The Morgan fingerprint density at radius 2 is 1.91 bits per heavy atom. The van der Waals surface area contributed by atoms with Gasteiger partial charge in [-0.05, 0) is 17.7 Å². The molecule has 0 aliphatic heterocycles. The summed E-state index contributed by atoms with van der Waals surface area (Å²) in [6.45, 7) is 0. The standard InChI is InChI=1S/C14H20BN2O5/c1-17(2,3)15-14(21)16-10(13(20)22-4)7-9-5-6-11(18)12(19)8-9/h5-6,8,10H,7H2,1-4H3,(H2-,16,18,19,21)/q-1/p+1/t10-/m0/s1. The number of nitrogens with one attached hydrogen (secondary N) is 1. The molecule has 0 aliphatic carbocycles. The van der Waals surface area contributed by atoms with Crippen LogP contribution in [-0.4, -0.2) is 68.1 Å². The predicted molar refractivity (Wildman–Crippen MR) is 81.6 cm³/mol. The molecule has 8 heteroatoms. The van der Waals surface area contributed by atoms with Crippen LogP contribution in [0.25, 0.3) is 0 Å². The Morgan fingerprint density at radius 1 is 1.27 bits per heavy atom. The number of carbonyl (C=O) groups excluding carboxylic acids is 2. The van der Waals surface area contributed by atoms with Gasteiger partial charge in [-0.3, -0.25) is 0 Å². The largest absolute Gasteiger partial charge is 0.560 e. The molecule has 1 aromatic rings. The van der Waals surface area contributed by atoms with E-state index in [1.807, 2.05) is 21.1 Å². The summed E-state index contributed by atoms with van der Waals surface area (Å²) in [7, 11) is 8.09. The number of nitrogens with zero attached hydrogens (tertiary/aromatic N) is 1. The van der Waals surface area contributed by atoms with Gasteiger partial charge in [0.05, 0.1) is 7.11 Å². The van der Waals surface area contributed by atoms with Crippen molar-refractivity contribution in [3.63, 3.8) is 0 Å². The molecule has 7 nitrogen and oxygen atoms in total. The highest BCUT2D eigenvalue weighted by molar-refractivity contribution is 6.67. The van der Waals surface area contributed by atoms with E-state index in [9.17, 15) is 19.8 Å². The first-order chi connectivity index (χ1) is 10.1. The number of phenolic OH excluding ortho intramolecular Hbond substituents is 2. The van der Waals surface area contributed by atoms with Crippen molar-refractivity contribution in [2.24, 2.45) is 0 Å². The van der Waals surface area contributed by atoms with Crippen LogP contribution < -0.4 is 5.32 Å². The van der Waals surface area contributed by atoms with E-state index in [1.165, 1.54) is 26.7 Å². The Balaban J connectivity index is 2.82. The molecular formula is C14H21BN2O5. The lowest BCUT2D eigenvalue weighted by Crippen LogP contribution is -2.51. The predicted octanol–water partition coefficient (Wildman–Crippen LogP) is 0.217. The molecule has 0 saturated carbocycles. The second-order valence-corrected chi connectivity index (χ2v) is 5.86. The van der Waals surface area contributed by atoms with Gasteiger partial charge in [0.15, 0.2) is 11.5 Å². The molecule has 3 N–H and O–H groups in total. The second-order valence-electron chi connectivity index (χ2n) is 5.86. The minimum Gasteiger partial charge on any atom is -0.560 e. The van der Waals surface area contributed by atoms with Crippen LogP contribution in [0.2, 0.25) is 0 Å². The van der Waals surface area contributed by atoms with Crippen molar-refractivity contribution in [3.05, 3.63) is 23.8 Å². The quantitative estimate of drug-likeness (QED) is 0.397. The number of benzene rings is 1. The van der Waals surface area contributed by atoms with Gasteiger partial charge in [-0.25, -0.2) is 4.79 Å². The minimum atomic E-state index is -0.885. The number of esters is 1. The third-order valence-electron chi connectivity index (χ3n) is 2.79. The van der Waals surface area contributed by atoms with Crippen LogP contribution in [0.5, 0.6) is 11.5 Å². The fraction of sp³-hybridized carbons (Fsp3) is 0.429. The number of phenols is 2. The number of hydrogen-bond acceptors (Lipinski definition) is 5. The van der Waals surface area contributed by atoms with Crippen molar-refractivity contribution in [2.45, 2.75) is 12.5 Å². The summed E-state index contributed by atoms with van der Waals surface area (Å²) < 4.78 is 4.99. The van der Waals surface area contributed by atoms with Crippen LogP contribution >= 0.6 is 0 Å². The number of methoxy groups -OCH3 is 1. The van der Waals surface area contributed by atoms with Gasteiger partial charge in [0, 0.05) is 33.4 Å². The Morgan fingerprint density at radius 3 is 2.41 bits per heavy atom. The molecule has 2 radical (unpaired) electrons. The fourth-order valence-corrected chi connectivity index (χ4v) is 1.83. The number of amides is 1. The van der Waals surface area contributed by atoms with Gasteiger partial charge in [-0.15, -0.1) is 0 Å². The lowest BCUT2D eigenvalue weighted by Gasteiger charge is -2.37. The zero-order chi connectivity index (χ0) is 16.9. The number of carbonyl (C=O) groups is 2. The Kier molecular flexibility index (Phi) is 5.81. The Labute approximate surface area is 130 Å². The number of hydrogen-bond donors (Lipinski definition) is 3. The highest BCUT2D eigenvalue weighted by Gasteiger charge is 2.21. The molecule has 0 aliphatic rings. The van der Waals surface area contributed by atoms with Gasteiger partial charge in [0.25, 0.3) is 0 Å². The number of rotatable bonds is 6. The minimum absolute atomic E-state index is 0.136. The van der Waals surface area contributed by atoms with Crippen LogP contribution in [0.4, 0.5) is 4.79 Å². The summed E-state index contributed by atoms with van der Waals surface area (Å²) in [5.41, 5.74) is 0.580. The molecule has 22 heavy (non-hydrogen) atoms. The zero-order valence-corrected chi connectivity index (χ0v) is 13.2. The van der Waals surface area contributed by atoms with Crippen molar-refractivity contribution in [2.75, 3.05) is 28.3 Å². The molecule has 0 heterocycles. The second kappa shape index (κ2) is 7.17. The maximum Gasteiger partial charge on any atom is 0.328 e. The van der Waals surface area contributed by atoms with Crippen LogP contribution in [0.15, 0.2) is 18.2 Å². The van der Waals surface area contributed by atoms with E-state index in [1.54, 1.807) is 6.07 Å². The first-order valence-electron chi connectivity index (χ1n) is 6.68. The van der Waals surface area contributed by atoms with Crippen molar-refractivity contribution in [3.8, 4) is 11.5 Å². The molecule has 0 bridgehead atoms. The van der Waals surface area contributed by atoms with Crippen molar-refractivity contribution in [1.29, 1.82) is 0 Å². The average molecular weight is 308 g/mol. The molecule has 1 rings (SSSR count). The molecular weight excluding hydrogens is 287 g/mol. The first kappa shape index (κ1) is 17.8. The van der Waals surface area contributed by atoms with Gasteiger partial charge in [-0.1, -0.05) is 6.07 Å². The summed E-state index contributed by atoms with van der Waals surface area (Å²) in [4.78, 5) is 23.7. The lowest BCUT2D eigenvalue weighted by atomic mass is 9.87. The van der Waals surface area contributed by atoms with E-state index in [0.717, 1.165) is 0 Å². The SMILES string of the molecule is COC(=O)[C@H](Cc1ccc(O)c(O)c1)NC(=O)[B-][N+](C)(C)C. The topological polar surface area (TPSA) is 95.9 Å². The maximum atomic E-state index is 11.9. The first-order valence-corrected chi connectivity index (χ1v) is 6.68. The number of quaternary nitrogens is 1. The fourth-order valence-electron chi connectivity index (χ4n) is 1.83. The highest BCUT2D eigenvalue weighted by Crippen LogP contribution is 2.25. The molecule has 0 saturated heterocycles. The number of ether oxygens (including phenoxy) is 1. The maximum absolute atomic E-state index is 11.9. The van der Waals surface area contributed by atoms with Crippen molar-refractivity contribution in [1.82, 2.24) is 5.32 Å². The summed E-state index contributed by atoms with van der Waals surface area (Å²) >= 11 is 0. The molecule has 0 fully saturated rings. The molecule has 1 atom stereocenters. The van der Waals surface area contributed by atoms with E-state index in [2.05, 4.69) is 10.1 Å². The summed E-state index contributed by atoms with van der Waals surface area (Å²) in [6, 6.07) is 3.32. The van der Waals surface area contributed by atoms with E-state index in [0.29, 0.717) is 9.96 Å². The summed E-state index contributed by atoms with van der Waals surface area (Å²) in [5.74, 6) is -1.52. The summed E-state index contributed by atoms with van der Waals surface area (Å²) in [5, 5.41) is 21.3. The van der Waals surface area contributed by atoms with Crippen molar-refractivity contribution >= 4 is 19.2 Å². The third-order valence-corrected chi connectivity index (χ3v) is 2.79. The third kappa shape index (κ3) is 5.65. The van der Waals surface area contributed by atoms with Gasteiger partial charge in [0.1, 0.15) is 13.5 Å². The normalized spacial score (nSPS) is 12.5. The van der Waals surface area contributed by atoms with E-state index in [4.69, 9.17) is 0 Å². The molecule has 120 valence electrons. The van der Waals surface area contributed by atoms with Crippen LogP contribution in [0, 0.1) is 0 Å². The molecule has 1 amide bonds. The van der Waals surface area contributed by atoms with Crippen molar-refractivity contribution < 1.29 is 28.9 Å². The average Bonchev–Trinajstić information content (AvgIpc) is 2.39. The molecule has 0 spiro atoms. The smallest absolute Gasteiger partial charge is 0.328 e. The van der Waals surface area contributed by atoms with Crippen LogP contribution in [-0.2, 0) is 16.0 Å². The monoisotopic (exact) mass is 308 g/mol. The van der Waals surface area contributed by atoms with Crippen LogP contribution in [0.1, 0.15) is 5.56 Å². The number of aromatic hydroxyl groups is 2. The van der Waals surface area contributed by atoms with Crippen LogP contribution in [0.3, 0.4) is 0 Å². The molecule has 1 aromatic carbocycles. The van der Waals surface area contributed by atoms with Gasteiger partial charge in [-0.2, -0.15) is 0 Å². The van der Waals surface area contributed by atoms with E-state index < -0.39 is 17.8 Å². The van der Waals surface area contributed by atoms with Gasteiger partial charge < -0.3 is 29.5 Å². The molecule has 0 unspecified atom stereocenters. The van der Waals surface area contributed by atoms with Gasteiger partial charge in [0.2, 0.25) is 0 Å². The Hall–Kier alpha value is -2.22. The Bertz CT molecular complexity index is 557. The van der Waals surface area contributed by atoms with Gasteiger partial charge >= 0.3 is 5.97 Å². The highest BCUT2D eigenvalue weighted by atomic mass is 16.5. The molecule has 0 aromatic heterocycles.